The number of ether oxygens (including phenoxy) is 1. The SMILES string of the molecule is Cc1ccc(COC(=O)N[C@@H](CC(=O)O)C(C)(C)C)cn1. The van der Waals surface area contributed by atoms with Gasteiger partial charge in [-0.05, 0) is 18.4 Å². The third kappa shape index (κ3) is 6.25. The molecule has 0 aliphatic rings. The van der Waals surface area contributed by atoms with Crippen molar-refractivity contribution in [3.63, 3.8) is 0 Å². The molecule has 21 heavy (non-hydrogen) atoms. The topological polar surface area (TPSA) is 88.5 Å². The quantitative estimate of drug-likeness (QED) is 0.871. The Morgan fingerprint density at radius 2 is 2.05 bits per heavy atom. The minimum absolute atomic E-state index is 0.100. The van der Waals surface area contributed by atoms with Gasteiger partial charge in [-0.2, -0.15) is 0 Å². The first kappa shape index (κ1) is 16.9. The highest BCUT2D eigenvalue weighted by atomic mass is 16.5. The number of amides is 1. The van der Waals surface area contributed by atoms with Crippen LogP contribution < -0.4 is 5.32 Å². The first-order chi connectivity index (χ1) is 9.68. The van der Waals surface area contributed by atoms with Gasteiger partial charge in [0.2, 0.25) is 0 Å². The molecule has 1 amide bonds. The summed E-state index contributed by atoms with van der Waals surface area (Å²) in [4.78, 5) is 26.7. The number of carboxylic acids is 1. The van der Waals surface area contributed by atoms with Crippen LogP contribution in [0.15, 0.2) is 18.3 Å². The van der Waals surface area contributed by atoms with Crippen LogP contribution in [0.25, 0.3) is 0 Å². The molecule has 0 radical (unpaired) electrons. The number of carbonyl (C=O) groups is 2. The molecule has 116 valence electrons. The Kier molecular flexibility index (Phi) is 5.69. The number of nitrogens with zero attached hydrogens (tertiary/aromatic N) is 1. The summed E-state index contributed by atoms with van der Waals surface area (Å²) >= 11 is 0. The monoisotopic (exact) mass is 294 g/mol. The first-order valence-electron chi connectivity index (χ1n) is 6.75. The molecule has 1 atom stereocenters. The predicted molar refractivity (Wildman–Crippen MR) is 77.8 cm³/mol. The van der Waals surface area contributed by atoms with Gasteiger partial charge in [0.1, 0.15) is 6.61 Å². The van der Waals surface area contributed by atoms with Gasteiger partial charge in [-0.15, -0.1) is 0 Å². The fourth-order valence-corrected chi connectivity index (χ4v) is 1.66. The normalized spacial score (nSPS) is 12.6. The lowest BCUT2D eigenvalue weighted by atomic mass is 9.85. The molecule has 0 aliphatic heterocycles. The number of rotatable bonds is 5. The van der Waals surface area contributed by atoms with Gasteiger partial charge >= 0.3 is 12.1 Å². The molecule has 0 aliphatic carbocycles. The molecular weight excluding hydrogens is 272 g/mol. The minimum Gasteiger partial charge on any atom is -0.481 e. The number of pyridine rings is 1. The van der Waals surface area contributed by atoms with Crippen LogP contribution in [0.4, 0.5) is 4.79 Å². The van der Waals surface area contributed by atoms with Gasteiger partial charge in [0, 0.05) is 23.5 Å². The fraction of sp³-hybridized carbons (Fsp3) is 0.533. The maximum atomic E-state index is 11.8. The van der Waals surface area contributed by atoms with Gasteiger partial charge in [-0.3, -0.25) is 9.78 Å². The zero-order valence-corrected chi connectivity index (χ0v) is 12.8. The molecule has 0 spiro atoms. The number of aryl methyl sites for hydroxylation is 1. The van der Waals surface area contributed by atoms with Crippen molar-refractivity contribution >= 4 is 12.1 Å². The summed E-state index contributed by atoms with van der Waals surface area (Å²) in [5, 5.41) is 11.5. The van der Waals surface area contributed by atoms with Crippen LogP contribution in [0.2, 0.25) is 0 Å². The first-order valence-corrected chi connectivity index (χ1v) is 6.75. The van der Waals surface area contributed by atoms with Gasteiger partial charge in [0.25, 0.3) is 0 Å². The number of aromatic nitrogens is 1. The van der Waals surface area contributed by atoms with Crippen LogP contribution in [0.1, 0.15) is 38.4 Å². The average Bonchev–Trinajstić information content (AvgIpc) is 2.36. The highest BCUT2D eigenvalue weighted by Gasteiger charge is 2.28. The molecule has 6 nitrogen and oxygen atoms in total. The van der Waals surface area contributed by atoms with E-state index in [0.717, 1.165) is 11.3 Å². The maximum absolute atomic E-state index is 11.8. The fourth-order valence-electron chi connectivity index (χ4n) is 1.66. The van der Waals surface area contributed by atoms with Crippen LogP contribution in [-0.4, -0.2) is 28.2 Å². The summed E-state index contributed by atoms with van der Waals surface area (Å²) in [7, 11) is 0. The lowest BCUT2D eigenvalue weighted by molar-refractivity contribution is -0.138. The maximum Gasteiger partial charge on any atom is 0.407 e. The molecular formula is C15H22N2O4. The van der Waals surface area contributed by atoms with E-state index in [1.54, 1.807) is 6.20 Å². The number of carbonyl (C=O) groups excluding carboxylic acids is 1. The zero-order valence-electron chi connectivity index (χ0n) is 12.8. The molecule has 0 saturated carbocycles. The Morgan fingerprint density at radius 1 is 1.38 bits per heavy atom. The standard InChI is InChI=1S/C15H22N2O4/c1-10-5-6-11(8-16-10)9-21-14(20)17-12(7-13(18)19)15(2,3)4/h5-6,8,12H,7,9H2,1-4H3,(H,17,20)(H,18,19)/t12-/m0/s1. The van der Waals surface area contributed by atoms with E-state index in [1.165, 1.54) is 0 Å². The molecule has 0 aromatic carbocycles. The summed E-state index contributed by atoms with van der Waals surface area (Å²) in [6, 6.07) is 3.16. The highest BCUT2D eigenvalue weighted by Crippen LogP contribution is 2.22. The van der Waals surface area contributed by atoms with Crippen molar-refractivity contribution in [1.82, 2.24) is 10.3 Å². The van der Waals surface area contributed by atoms with Crippen LogP contribution in [-0.2, 0) is 16.1 Å². The van der Waals surface area contributed by atoms with Crippen molar-refractivity contribution in [2.45, 2.75) is 46.8 Å². The van der Waals surface area contributed by atoms with Crippen molar-refractivity contribution < 1.29 is 19.4 Å². The minimum atomic E-state index is -0.960. The lowest BCUT2D eigenvalue weighted by Crippen LogP contribution is -2.45. The number of nitrogens with one attached hydrogen (secondary N) is 1. The second kappa shape index (κ2) is 7.06. The van der Waals surface area contributed by atoms with E-state index < -0.39 is 18.1 Å². The van der Waals surface area contributed by atoms with Gasteiger partial charge in [-0.25, -0.2) is 4.79 Å². The predicted octanol–water partition coefficient (Wildman–Crippen LogP) is 2.51. The van der Waals surface area contributed by atoms with Crippen molar-refractivity contribution in [1.29, 1.82) is 0 Å². The summed E-state index contributed by atoms with van der Waals surface area (Å²) < 4.78 is 5.09. The molecule has 0 fully saturated rings. The van der Waals surface area contributed by atoms with Gasteiger partial charge in [-0.1, -0.05) is 26.8 Å². The van der Waals surface area contributed by atoms with Crippen LogP contribution in [0, 0.1) is 12.3 Å². The molecule has 1 aromatic rings. The Balaban J connectivity index is 2.54. The molecule has 1 aromatic heterocycles. The van der Waals surface area contributed by atoms with Gasteiger partial charge in [0.15, 0.2) is 0 Å². The Bertz CT molecular complexity index is 491. The van der Waals surface area contributed by atoms with Crippen LogP contribution in [0.5, 0.6) is 0 Å². The second-order valence-electron chi connectivity index (χ2n) is 6.04. The average molecular weight is 294 g/mol. The van der Waals surface area contributed by atoms with Crippen molar-refractivity contribution in [3.05, 3.63) is 29.6 Å². The zero-order chi connectivity index (χ0) is 16.0. The molecule has 1 heterocycles. The molecule has 2 N–H and O–H groups in total. The van der Waals surface area contributed by atoms with Crippen molar-refractivity contribution in [2.24, 2.45) is 5.41 Å². The lowest BCUT2D eigenvalue weighted by Gasteiger charge is -2.29. The number of alkyl carbamates (subject to hydrolysis) is 1. The second-order valence-corrected chi connectivity index (χ2v) is 6.04. The number of hydrogen-bond donors (Lipinski definition) is 2. The van der Waals surface area contributed by atoms with Crippen molar-refractivity contribution in [3.8, 4) is 0 Å². The third-order valence-electron chi connectivity index (χ3n) is 3.06. The summed E-state index contributed by atoms with van der Waals surface area (Å²) in [5.74, 6) is -0.960. The molecule has 0 saturated heterocycles. The smallest absolute Gasteiger partial charge is 0.407 e. The third-order valence-corrected chi connectivity index (χ3v) is 3.06. The number of aliphatic carboxylic acids is 1. The highest BCUT2D eigenvalue weighted by molar-refractivity contribution is 5.71. The Labute approximate surface area is 124 Å². The molecule has 0 unspecified atom stereocenters. The largest absolute Gasteiger partial charge is 0.481 e. The van der Waals surface area contributed by atoms with Crippen LogP contribution >= 0.6 is 0 Å². The van der Waals surface area contributed by atoms with E-state index in [-0.39, 0.29) is 18.4 Å². The molecule has 1 rings (SSSR count). The van der Waals surface area contributed by atoms with E-state index in [9.17, 15) is 9.59 Å². The summed E-state index contributed by atoms with van der Waals surface area (Å²) in [6.07, 6.45) is 0.864. The molecule has 6 heteroatoms. The van der Waals surface area contributed by atoms with E-state index in [0.29, 0.717) is 0 Å². The summed E-state index contributed by atoms with van der Waals surface area (Å²) in [5.41, 5.74) is 1.29. The van der Waals surface area contributed by atoms with Crippen molar-refractivity contribution in [2.75, 3.05) is 0 Å². The van der Waals surface area contributed by atoms with E-state index >= 15 is 0 Å². The van der Waals surface area contributed by atoms with E-state index in [2.05, 4.69) is 10.3 Å². The Morgan fingerprint density at radius 3 is 2.52 bits per heavy atom. The Hall–Kier alpha value is -2.11. The number of hydrogen-bond acceptors (Lipinski definition) is 4. The van der Waals surface area contributed by atoms with E-state index in [4.69, 9.17) is 9.84 Å². The van der Waals surface area contributed by atoms with Crippen LogP contribution in [0.3, 0.4) is 0 Å². The molecule has 0 bridgehead atoms. The number of carboxylic acid groups (broad SMARTS) is 1. The van der Waals surface area contributed by atoms with Gasteiger partial charge < -0.3 is 15.2 Å². The summed E-state index contributed by atoms with van der Waals surface area (Å²) in [6.45, 7) is 7.57. The van der Waals surface area contributed by atoms with E-state index in [1.807, 2.05) is 39.8 Å². The van der Waals surface area contributed by atoms with Gasteiger partial charge in [0.05, 0.1) is 6.42 Å².